The monoisotopic (exact) mass is 292 g/mol. The van der Waals surface area contributed by atoms with Gasteiger partial charge in [0.05, 0.1) is 4.92 Å². The molecule has 0 aromatic carbocycles. The second kappa shape index (κ2) is 7.93. The molecule has 1 heterocycles. The number of rotatable bonds is 6. The number of aryl methyl sites for hydroxylation is 1. The number of hydrogen-bond donors (Lipinski definition) is 2. The minimum atomic E-state index is -0.403. The van der Waals surface area contributed by atoms with Crippen LogP contribution >= 0.6 is 0 Å². The van der Waals surface area contributed by atoms with Gasteiger partial charge in [-0.05, 0) is 25.8 Å². The van der Waals surface area contributed by atoms with E-state index in [1.165, 1.54) is 44.7 Å². The van der Waals surface area contributed by atoms with Crippen molar-refractivity contribution < 1.29 is 4.92 Å². The van der Waals surface area contributed by atoms with Crippen LogP contribution in [-0.4, -0.2) is 29.0 Å². The van der Waals surface area contributed by atoms with Gasteiger partial charge in [-0.3, -0.25) is 10.1 Å². The van der Waals surface area contributed by atoms with E-state index in [1.807, 2.05) is 0 Å². The number of aromatic nitrogens is 1. The zero-order valence-electron chi connectivity index (χ0n) is 12.6. The minimum absolute atomic E-state index is 0.0668. The molecule has 1 saturated carbocycles. The summed E-state index contributed by atoms with van der Waals surface area (Å²) >= 11 is 0. The van der Waals surface area contributed by atoms with Gasteiger partial charge in [-0.2, -0.15) is 0 Å². The Morgan fingerprint density at radius 1 is 1.29 bits per heavy atom. The van der Waals surface area contributed by atoms with Gasteiger partial charge in [0, 0.05) is 24.7 Å². The Morgan fingerprint density at radius 2 is 2.00 bits per heavy atom. The second-order valence-corrected chi connectivity index (χ2v) is 5.68. The van der Waals surface area contributed by atoms with Gasteiger partial charge in [-0.25, -0.2) is 4.98 Å². The van der Waals surface area contributed by atoms with E-state index in [1.54, 1.807) is 13.0 Å². The number of anilines is 1. The molecule has 0 spiro atoms. The average Bonchev–Trinajstić information content (AvgIpc) is 2.72. The van der Waals surface area contributed by atoms with Crippen LogP contribution in [0, 0.1) is 17.0 Å². The Morgan fingerprint density at radius 3 is 2.62 bits per heavy atom. The molecule has 0 atom stereocenters. The average molecular weight is 292 g/mol. The molecule has 2 rings (SSSR count). The molecule has 0 bridgehead atoms. The van der Waals surface area contributed by atoms with Gasteiger partial charge in [0.25, 0.3) is 5.69 Å². The zero-order chi connectivity index (χ0) is 15.1. The van der Waals surface area contributed by atoms with Crippen LogP contribution in [0.5, 0.6) is 0 Å². The summed E-state index contributed by atoms with van der Waals surface area (Å²) in [5.74, 6) is 0.695. The van der Waals surface area contributed by atoms with Crippen LogP contribution in [-0.2, 0) is 0 Å². The molecule has 0 saturated heterocycles. The Balaban J connectivity index is 1.73. The summed E-state index contributed by atoms with van der Waals surface area (Å²) in [7, 11) is 0. The van der Waals surface area contributed by atoms with Crippen LogP contribution in [0.3, 0.4) is 0 Å². The van der Waals surface area contributed by atoms with Crippen molar-refractivity contribution in [2.45, 2.75) is 51.5 Å². The second-order valence-electron chi connectivity index (χ2n) is 5.68. The molecular formula is C15H24N4O2. The van der Waals surface area contributed by atoms with Gasteiger partial charge < -0.3 is 10.6 Å². The number of nitro groups is 1. The molecule has 21 heavy (non-hydrogen) atoms. The molecule has 1 fully saturated rings. The molecule has 1 aromatic rings. The maximum atomic E-state index is 10.7. The number of nitrogens with zero attached hydrogens (tertiary/aromatic N) is 2. The summed E-state index contributed by atoms with van der Waals surface area (Å²) in [5.41, 5.74) is 0.700. The third kappa shape index (κ3) is 4.97. The standard InChI is InChI=1S/C15H24N4O2/c1-12-10-15(18-11-14(12)19(20)21)17-9-8-16-13-6-4-2-3-5-7-13/h10-11,13,16H,2-9H2,1H3,(H,17,18). The van der Waals surface area contributed by atoms with E-state index >= 15 is 0 Å². The first-order valence-electron chi connectivity index (χ1n) is 7.75. The van der Waals surface area contributed by atoms with Gasteiger partial charge in [0.1, 0.15) is 12.0 Å². The fourth-order valence-electron chi connectivity index (χ4n) is 2.79. The lowest BCUT2D eigenvalue weighted by molar-refractivity contribution is -0.385. The molecule has 2 N–H and O–H groups in total. The summed E-state index contributed by atoms with van der Waals surface area (Å²) in [5, 5.41) is 17.5. The zero-order valence-corrected chi connectivity index (χ0v) is 12.6. The molecule has 1 aliphatic rings. The maximum Gasteiger partial charge on any atom is 0.290 e. The molecular weight excluding hydrogens is 268 g/mol. The van der Waals surface area contributed by atoms with Crippen LogP contribution in [0.2, 0.25) is 0 Å². The van der Waals surface area contributed by atoms with Crippen LogP contribution in [0.1, 0.15) is 44.1 Å². The van der Waals surface area contributed by atoms with Crippen LogP contribution in [0.15, 0.2) is 12.3 Å². The van der Waals surface area contributed by atoms with Crippen molar-refractivity contribution in [2.24, 2.45) is 0 Å². The normalized spacial score (nSPS) is 16.4. The lowest BCUT2D eigenvalue weighted by Gasteiger charge is -2.16. The highest BCUT2D eigenvalue weighted by Crippen LogP contribution is 2.19. The van der Waals surface area contributed by atoms with Crippen LogP contribution < -0.4 is 10.6 Å². The van der Waals surface area contributed by atoms with Crippen LogP contribution in [0.25, 0.3) is 0 Å². The molecule has 116 valence electrons. The highest BCUT2D eigenvalue weighted by atomic mass is 16.6. The summed E-state index contributed by atoms with van der Waals surface area (Å²) in [6.07, 6.45) is 9.24. The Bertz CT molecular complexity index is 471. The first-order chi connectivity index (χ1) is 10.2. The molecule has 0 radical (unpaired) electrons. The smallest absolute Gasteiger partial charge is 0.290 e. The first kappa shape index (κ1) is 15.7. The Kier molecular flexibility index (Phi) is 5.92. The molecule has 1 aromatic heterocycles. The predicted molar refractivity (Wildman–Crippen MR) is 83.6 cm³/mol. The fraction of sp³-hybridized carbons (Fsp3) is 0.667. The van der Waals surface area contributed by atoms with Crippen molar-refractivity contribution in [1.29, 1.82) is 0 Å². The lowest BCUT2D eigenvalue weighted by Crippen LogP contribution is -2.32. The third-order valence-corrected chi connectivity index (χ3v) is 4.00. The number of hydrogen-bond acceptors (Lipinski definition) is 5. The molecule has 6 nitrogen and oxygen atoms in total. The highest BCUT2D eigenvalue weighted by Gasteiger charge is 2.12. The van der Waals surface area contributed by atoms with E-state index in [-0.39, 0.29) is 5.69 Å². The van der Waals surface area contributed by atoms with Crippen molar-refractivity contribution in [1.82, 2.24) is 10.3 Å². The molecule has 6 heteroatoms. The van der Waals surface area contributed by atoms with E-state index in [0.29, 0.717) is 17.4 Å². The topological polar surface area (TPSA) is 80.1 Å². The van der Waals surface area contributed by atoms with Gasteiger partial charge >= 0.3 is 0 Å². The SMILES string of the molecule is Cc1cc(NCCNC2CCCCCC2)ncc1[N+](=O)[O-]. The molecule has 0 aliphatic heterocycles. The van der Waals surface area contributed by atoms with Gasteiger partial charge in [-0.15, -0.1) is 0 Å². The van der Waals surface area contributed by atoms with E-state index in [2.05, 4.69) is 15.6 Å². The largest absolute Gasteiger partial charge is 0.369 e. The highest BCUT2D eigenvalue weighted by molar-refractivity contribution is 5.46. The van der Waals surface area contributed by atoms with E-state index in [9.17, 15) is 10.1 Å². The Hall–Kier alpha value is -1.69. The van der Waals surface area contributed by atoms with Gasteiger partial charge in [0.15, 0.2) is 0 Å². The van der Waals surface area contributed by atoms with Crippen molar-refractivity contribution in [3.05, 3.63) is 27.9 Å². The number of nitrogens with one attached hydrogen (secondary N) is 2. The van der Waals surface area contributed by atoms with Gasteiger partial charge in [-0.1, -0.05) is 25.7 Å². The molecule has 0 unspecified atom stereocenters. The fourth-order valence-corrected chi connectivity index (χ4v) is 2.79. The summed E-state index contributed by atoms with van der Waals surface area (Å²) in [6, 6.07) is 2.37. The lowest BCUT2D eigenvalue weighted by atomic mass is 10.1. The van der Waals surface area contributed by atoms with Crippen molar-refractivity contribution in [2.75, 3.05) is 18.4 Å². The first-order valence-corrected chi connectivity index (χ1v) is 7.75. The van der Waals surface area contributed by atoms with Crippen molar-refractivity contribution in [3.63, 3.8) is 0 Å². The number of pyridine rings is 1. The Labute approximate surface area is 125 Å². The van der Waals surface area contributed by atoms with Crippen LogP contribution in [0.4, 0.5) is 11.5 Å². The quantitative estimate of drug-likeness (QED) is 0.364. The summed E-state index contributed by atoms with van der Waals surface area (Å²) in [6.45, 7) is 3.40. The van der Waals surface area contributed by atoms with E-state index in [0.717, 1.165) is 13.1 Å². The molecule has 1 aliphatic carbocycles. The van der Waals surface area contributed by atoms with Crippen molar-refractivity contribution >= 4 is 11.5 Å². The third-order valence-electron chi connectivity index (χ3n) is 4.00. The predicted octanol–water partition coefficient (Wildman–Crippen LogP) is 3.02. The van der Waals surface area contributed by atoms with Crippen molar-refractivity contribution in [3.8, 4) is 0 Å². The molecule has 0 amide bonds. The maximum absolute atomic E-state index is 10.7. The van der Waals surface area contributed by atoms with E-state index < -0.39 is 4.92 Å². The van der Waals surface area contributed by atoms with Gasteiger partial charge in [0.2, 0.25) is 0 Å². The van der Waals surface area contributed by atoms with E-state index in [4.69, 9.17) is 0 Å². The summed E-state index contributed by atoms with van der Waals surface area (Å²) < 4.78 is 0. The minimum Gasteiger partial charge on any atom is -0.369 e. The summed E-state index contributed by atoms with van der Waals surface area (Å²) in [4.78, 5) is 14.4.